The number of carbonyl (C=O) groups is 2. The highest BCUT2D eigenvalue weighted by Gasteiger charge is 2.33. The van der Waals surface area contributed by atoms with Crippen LogP contribution in [0.3, 0.4) is 0 Å². The summed E-state index contributed by atoms with van der Waals surface area (Å²) in [7, 11) is -2.88. The first-order chi connectivity index (χ1) is 7.46. The standard InChI is InChI=1S/C9H14N2O4S/c12-8-5-7(9(13)11-8)10-6-1-3-16(14,15)4-2-6/h6-7,10H,1-5H2,(H,11,12,13). The van der Waals surface area contributed by atoms with E-state index in [9.17, 15) is 18.0 Å². The summed E-state index contributed by atoms with van der Waals surface area (Å²) in [6, 6.07) is -0.469. The molecule has 0 aromatic carbocycles. The second kappa shape index (κ2) is 4.14. The summed E-state index contributed by atoms with van der Waals surface area (Å²) < 4.78 is 22.4. The van der Waals surface area contributed by atoms with Crippen molar-refractivity contribution >= 4 is 21.7 Å². The van der Waals surface area contributed by atoms with Gasteiger partial charge in [0.1, 0.15) is 9.84 Å². The third-order valence-corrected chi connectivity index (χ3v) is 4.68. The summed E-state index contributed by atoms with van der Waals surface area (Å²) in [5.74, 6) is -0.260. The zero-order valence-corrected chi connectivity index (χ0v) is 9.55. The van der Waals surface area contributed by atoms with Crippen molar-refractivity contribution < 1.29 is 18.0 Å². The molecule has 1 unspecified atom stereocenters. The van der Waals surface area contributed by atoms with Gasteiger partial charge >= 0.3 is 0 Å². The molecule has 0 aliphatic carbocycles. The van der Waals surface area contributed by atoms with Gasteiger partial charge in [-0.1, -0.05) is 0 Å². The predicted octanol–water partition coefficient (Wildman–Crippen LogP) is -1.43. The highest BCUT2D eigenvalue weighted by Crippen LogP contribution is 2.14. The van der Waals surface area contributed by atoms with Gasteiger partial charge in [-0.15, -0.1) is 0 Å². The second-order valence-corrected chi connectivity index (χ2v) is 6.57. The number of imide groups is 1. The molecule has 2 heterocycles. The quantitative estimate of drug-likeness (QED) is 0.583. The van der Waals surface area contributed by atoms with Gasteiger partial charge in [0.25, 0.3) is 0 Å². The topological polar surface area (TPSA) is 92.3 Å². The molecule has 2 saturated heterocycles. The molecule has 2 fully saturated rings. The summed E-state index contributed by atoms with van der Waals surface area (Å²) in [5, 5.41) is 5.25. The van der Waals surface area contributed by atoms with E-state index in [1.807, 2.05) is 0 Å². The Hall–Kier alpha value is -0.950. The lowest BCUT2D eigenvalue weighted by atomic mass is 10.1. The van der Waals surface area contributed by atoms with Crippen molar-refractivity contribution in [2.45, 2.75) is 31.3 Å². The molecular weight excluding hydrogens is 232 g/mol. The van der Waals surface area contributed by atoms with Crippen LogP contribution < -0.4 is 10.6 Å². The molecule has 0 saturated carbocycles. The van der Waals surface area contributed by atoms with E-state index < -0.39 is 15.9 Å². The van der Waals surface area contributed by atoms with E-state index in [4.69, 9.17) is 0 Å². The Morgan fingerprint density at radius 1 is 1.19 bits per heavy atom. The van der Waals surface area contributed by atoms with Gasteiger partial charge in [0, 0.05) is 6.04 Å². The molecule has 0 aromatic rings. The average Bonchev–Trinajstić information content (AvgIpc) is 2.49. The molecule has 2 aliphatic heterocycles. The Morgan fingerprint density at radius 2 is 1.81 bits per heavy atom. The largest absolute Gasteiger partial charge is 0.303 e. The molecule has 0 spiro atoms. The molecule has 6 nitrogen and oxygen atoms in total. The van der Waals surface area contributed by atoms with E-state index >= 15 is 0 Å². The van der Waals surface area contributed by atoms with Crippen molar-refractivity contribution in [3.8, 4) is 0 Å². The van der Waals surface area contributed by atoms with Gasteiger partial charge in [-0.05, 0) is 12.8 Å². The normalized spacial score (nSPS) is 30.4. The van der Waals surface area contributed by atoms with Crippen LogP contribution in [-0.2, 0) is 19.4 Å². The summed E-state index contributed by atoms with van der Waals surface area (Å²) in [5.41, 5.74) is 0. The molecular formula is C9H14N2O4S. The number of rotatable bonds is 2. The Balaban J connectivity index is 1.88. The van der Waals surface area contributed by atoms with E-state index in [0.29, 0.717) is 12.8 Å². The van der Waals surface area contributed by atoms with E-state index in [0.717, 1.165) is 0 Å². The molecule has 0 bridgehead atoms. The number of hydrogen-bond donors (Lipinski definition) is 2. The van der Waals surface area contributed by atoms with Crippen molar-refractivity contribution in [1.82, 2.24) is 10.6 Å². The molecule has 0 radical (unpaired) electrons. The van der Waals surface area contributed by atoms with Crippen molar-refractivity contribution in [3.05, 3.63) is 0 Å². The number of amides is 2. The molecule has 7 heteroatoms. The van der Waals surface area contributed by atoms with Crippen molar-refractivity contribution in [2.75, 3.05) is 11.5 Å². The van der Waals surface area contributed by atoms with Crippen molar-refractivity contribution in [2.24, 2.45) is 0 Å². The Morgan fingerprint density at radius 3 is 2.31 bits per heavy atom. The minimum absolute atomic E-state index is 0.0187. The average molecular weight is 246 g/mol. The fourth-order valence-electron chi connectivity index (χ4n) is 2.03. The van der Waals surface area contributed by atoms with Gasteiger partial charge in [0.15, 0.2) is 0 Å². The molecule has 90 valence electrons. The van der Waals surface area contributed by atoms with E-state index in [1.165, 1.54) is 0 Å². The minimum atomic E-state index is -2.88. The van der Waals surface area contributed by atoms with Crippen LogP contribution >= 0.6 is 0 Å². The molecule has 16 heavy (non-hydrogen) atoms. The first kappa shape index (κ1) is 11.5. The Bertz CT molecular complexity index is 403. The van der Waals surface area contributed by atoms with Gasteiger partial charge in [-0.3, -0.25) is 14.9 Å². The van der Waals surface area contributed by atoms with Crippen molar-refractivity contribution in [1.29, 1.82) is 0 Å². The van der Waals surface area contributed by atoms with Crippen LogP contribution in [0.2, 0.25) is 0 Å². The summed E-state index contributed by atoms with van der Waals surface area (Å²) in [6.07, 6.45) is 1.18. The lowest BCUT2D eigenvalue weighted by Gasteiger charge is -2.25. The maximum absolute atomic E-state index is 11.3. The monoisotopic (exact) mass is 246 g/mol. The number of nitrogens with one attached hydrogen (secondary N) is 2. The van der Waals surface area contributed by atoms with Crippen LogP contribution in [0.15, 0.2) is 0 Å². The SMILES string of the molecule is O=C1CC(NC2CCS(=O)(=O)CC2)C(=O)N1. The maximum atomic E-state index is 11.3. The van der Waals surface area contributed by atoms with Gasteiger partial charge < -0.3 is 5.32 Å². The third kappa shape index (κ3) is 2.59. The summed E-state index contributed by atoms with van der Waals surface area (Å²) in [4.78, 5) is 22.2. The van der Waals surface area contributed by atoms with Crippen LogP contribution in [0, 0.1) is 0 Å². The van der Waals surface area contributed by atoms with Crippen LogP contribution in [0.25, 0.3) is 0 Å². The minimum Gasteiger partial charge on any atom is -0.303 e. The maximum Gasteiger partial charge on any atom is 0.244 e. The Labute approximate surface area is 93.7 Å². The van der Waals surface area contributed by atoms with Crippen LogP contribution in [-0.4, -0.2) is 43.8 Å². The van der Waals surface area contributed by atoms with Crippen LogP contribution in [0.4, 0.5) is 0 Å². The zero-order chi connectivity index (χ0) is 11.8. The van der Waals surface area contributed by atoms with E-state index in [2.05, 4.69) is 10.6 Å². The number of carbonyl (C=O) groups excluding carboxylic acids is 2. The van der Waals surface area contributed by atoms with Gasteiger partial charge in [-0.25, -0.2) is 8.42 Å². The zero-order valence-electron chi connectivity index (χ0n) is 8.73. The highest BCUT2D eigenvalue weighted by atomic mass is 32.2. The fraction of sp³-hybridized carbons (Fsp3) is 0.778. The van der Waals surface area contributed by atoms with Crippen molar-refractivity contribution in [3.63, 3.8) is 0 Å². The molecule has 0 aromatic heterocycles. The molecule has 1 atom stereocenters. The second-order valence-electron chi connectivity index (χ2n) is 4.26. The summed E-state index contributed by atoms with van der Waals surface area (Å²) >= 11 is 0. The third-order valence-electron chi connectivity index (χ3n) is 2.96. The van der Waals surface area contributed by atoms with Gasteiger partial charge in [0.2, 0.25) is 11.8 Å². The highest BCUT2D eigenvalue weighted by molar-refractivity contribution is 7.91. The lowest BCUT2D eigenvalue weighted by Crippen LogP contribution is -2.46. The Kier molecular flexibility index (Phi) is 2.98. The first-order valence-electron chi connectivity index (χ1n) is 5.26. The first-order valence-corrected chi connectivity index (χ1v) is 7.08. The number of sulfone groups is 1. The van der Waals surface area contributed by atoms with Crippen LogP contribution in [0.5, 0.6) is 0 Å². The van der Waals surface area contributed by atoms with E-state index in [-0.39, 0.29) is 35.8 Å². The predicted molar refractivity (Wildman–Crippen MR) is 56.4 cm³/mol. The molecule has 2 rings (SSSR count). The fourth-order valence-corrected chi connectivity index (χ4v) is 3.52. The molecule has 2 aliphatic rings. The van der Waals surface area contributed by atoms with Gasteiger partial charge in [-0.2, -0.15) is 0 Å². The van der Waals surface area contributed by atoms with Gasteiger partial charge in [0.05, 0.1) is 24.0 Å². The lowest BCUT2D eigenvalue weighted by molar-refractivity contribution is -0.125. The van der Waals surface area contributed by atoms with Crippen LogP contribution in [0.1, 0.15) is 19.3 Å². The smallest absolute Gasteiger partial charge is 0.244 e. The molecule has 2 amide bonds. The molecule has 2 N–H and O–H groups in total. The number of hydrogen-bond acceptors (Lipinski definition) is 5. The van der Waals surface area contributed by atoms with E-state index in [1.54, 1.807) is 0 Å². The summed E-state index contributed by atoms with van der Waals surface area (Å²) in [6.45, 7) is 0.